The highest BCUT2D eigenvalue weighted by atomic mass is 32.1. The minimum Gasteiger partial charge on any atom is -0.354 e. The first-order valence-electron chi connectivity index (χ1n) is 7.88. The highest BCUT2D eigenvalue weighted by Gasteiger charge is 2.15. The number of anilines is 4. The van der Waals surface area contributed by atoms with Crippen molar-refractivity contribution in [1.82, 2.24) is 15.3 Å². The summed E-state index contributed by atoms with van der Waals surface area (Å²) in [4.78, 5) is 21.8. The fourth-order valence-corrected chi connectivity index (χ4v) is 4.05. The van der Waals surface area contributed by atoms with Gasteiger partial charge in [-0.25, -0.2) is 4.98 Å². The van der Waals surface area contributed by atoms with Crippen molar-refractivity contribution in [2.45, 2.75) is 0 Å². The third kappa shape index (κ3) is 3.24. The van der Waals surface area contributed by atoms with Crippen LogP contribution in [0.5, 0.6) is 0 Å². The van der Waals surface area contributed by atoms with E-state index in [1.54, 1.807) is 18.4 Å². The highest BCUT2D eigenvalue weighted by molar-refractivity contribution is 7.17. The van der Waals surface area contributed by atoms with E-state index in [1.165, 1.54) is 11.3 Å². The minimum absolute atomic E-state index is 0.124. The predicted molar refractivity (Wildman–Crippen MR) is 108 cm³/mol. The molecular weight excluding hydrogens is 366 g/mol. The number of carbonyl (C=O) groups is 1. The molecule has 0 unspecified atom stereocenters. The van der Waals surface area contributed by atoms with Gasteiger partial charge < -0.3 is 16.0 Å². The average molecular weight is 381 g/mol. The highest BCUT2D eigenvalue weighted by Crippen LogP contribution is 2.32. The molecule has 4 rings (SSSR count). The van der Waals surface area contributed by atoms with E-state index in [0.717, 1.165) is 21.6 Å². The van der Waals surface area contributed by atoms with Gasteiger partial charge in [-0.3, -0.25) is 4.79 Å². The lowest BCUT2D eigenvalue weighted by molar-refractivity contribution is 0.0968. The zero-order chi connectivity index (χ0) is 17.9. The average Bonchev–Trinajstić information content (AvgIpc) is 3.31. The Hall–Kier alpha value is -2.97. The summed E-state index contributed by atoms with van der Waals surface area (Å²) in [5.41, 5.74) is 2.49. The van der Waals surface area contributed by atoms with Crippen molar-refractivity contribution >= 4 is 61.9 Å². The van der Waals surface area contributed by atoms with Crippen LogP contribution in [-0.2, 0) is 0 Å². The number of hydrogen-bond donors (Lipinski definition) is 3. The van der Waals surface area contributed by atoms with E-state index in [0.29, 0.717) is 16.6 Å². The molecule has 0 fully saturated rings. The molecule has 0 aliphatic heterocycles. The van der Waals surface area contributed by atoms with Gasteiger partial charge in [0.25, 0.3) is 5.91 Å². The van der Waals surface area contributed by atoms with Crippen molar-refractivity contribution in [3.05, 3.63) is 58.1 Å². The van der Waals surface area contributed by atoms with Crippen molar-refractivity contribution in [2.24, 2.45) is 0 Å². The summed E-state index contributed by atoms with van der Waals surface area (Å²) in [7, 11) is 1.62. The van der Waals surface area contributed by atoms with Crippen LogP contribution in [0.4, 0.5) is 23.1 Å². The number of hydrogen-bond acceptors (Lipinski definition) is 7. The van der Waals surface area contributed by atoms with Gasteiger partial charge in [-0.2, -0.15) is 4.98 Å². The maximum atomic E-state index is 12.0. The van der Waals surface area contributed by atoms with E-state index in [-0.39, 0.29) is 5.91 Å². The third-order valence-electron chi connectivity index (χ3n) is 3.69. The van der Waals surface area contributed by atoms with Crippen LogP contribution >= 0.6 is 22.7 Å². The number of thiophene rings is 2. The van der Waals surface area contributed by atoms with Gasteiger partial charge in [0.15, 0.2) is 5.82 Å². The van der Waals surface area contributed by atoms with Crippen molar-refractivity contribution in [1.29, 1.82) is 0 Å². The van der Waals surface area contributed by atoms with E-state index in [2.05, 4.69) is 25.9 Å². The molecule has 0 saturated carbocycles. The van der Waals surface area contributed by atoms with Crippen molar-refractivity contribution in [3.63, 3.8) is 0 Å². The SMILES string of the molecule is CNC(=O)c1sccc1Nc1nc(Nc2ccccc2)nc2ccsc12. The number of nitrogens with one attached hydrogen (secondary N) is 3. The lowest BCUT2D eigenvalue weighted by Gasteiger charge is -2.10. The van der Waals surface area contributed by atoms with Crippen LogP contribution in [0.25, 0.3) is 10.2 Å². The normalized spacial score (nSPS) is 10.7. The molecule has 6 nitrogen and oxygen atoms in total. The summed E-state index contributed by atoms with van der Waals surface area (Å²) in [5.74, 6) is 1.05. The molecule has 130 valence electrons. The number of amides is 1. The number of carbonyl (C=O) groups excluding carboxylic acids is 1. The molecule has 26 heavy (non-hydrogen) atoms. The van der Waals surface area contributed by atoms with E-state index in [1.807, 2.05) is 53.2 Å². The molecule has 0 bridgehead atoms. The zero-order valence-electron chi connectivity index (χ0n) is 13.8. The first kappa shape index (κ1) is 16.5. The molecule has 0 radical (unpaired) electrons. The summed E-state index contributed by atoms with van der Waals surface area (Å²) in [6.07, 6.45) is 0. The second-order valence-electron chi connectivity index (χ2n) is 5.39. The lowest BCUT2D eigenvalue weighted by atomic mass is 10.3. The summed E-state index contributed by atoms with van der Waals surface area (Å²) < 4.78 is 0.942. The van der Waals surface area contributed by atoms with Gasteiger partial charge in [-0.15, -0.1) is 22.7 Å². The zero-order valence-corrected chi connectivity index (χ0v) is 15.4. The van der Waals surface area contributed by atoms with Crippen LogP contribution in [0, 0.1) is 0 Å². The van der Waals surface area contributed by atoms with Gasteiger partial charge in [0.05, 0.1) is 15.9 Å². The lowest BCUT2D eigenvalue weighted by Crippen LogP contribution is -2.17. The Kier molecular flexibility index (Phi) is 4.51. The molecule has 4 aromatic rings. The number of aromatic nitrogens is 2. The smallest absolute Gasteiger partial charge is 0.263 e. The molecule has 3 aromatic heterocycles. The Balaban J connectivity index is 1.71. The molecular formula is C18H15N5OS2. The largest absolute Gasteiger partial charge is 0.354 e. The molecule has 0 saturated heterocycles. The van der Waals surface area contributed by atoms with Crippen molar-refractivity contribution in [2.75, 3.05) is 17.7 Å². The fourth-order valence-electron chi connectivity index (χ4n) is 2.48. The summed E-state index contributed by atoms with van der Waals surface area (Å²) in [5, 5.41) is 13.0. The van der Waals surface area contributed by atoms with E-state index >= 15 is 0 Å². The predicted octanol–water partition coefficient (Wildman–Crippen LogP) is 4.60. The summed E-state index contributed by atoms with van der Waals surface area (Å²) in [6, 6.07) is 13.6. The second kappa shape index (κ2) is 7.11. The number of benzene rings is 1. The molecule has 0 aliphatic rings. The van der Waals surface area contributed by atoms with Gasteiger partial charge in [-0.05, 0) is 35.0 Å². The number of para-hydroxylation sites is 1. The van der Waals surface area contributed by atoms with Crippen LogP contribution < -0.4 is 16.0 Å². The molecule has 1 aromatic carbocycles. The Morgan fingerprint density at radius 1 is 0.962 bits per heavy atom. The van der Waals surface area contributed by atoms with Crippen molar-refractivity contribution < 1.29 is 4.79 Å². The quantitative estimate of drug-likeness (QED) is 0.471. The standard InChI is InChI=1S/C18H15N5OS2/c1-19-17(24)15-13(8-10-26-15)21-16-14-12(7-9-25-14)22-18(23-16)20-11-5-3-2-4-6-11/h2-10H,1H3,(H,19,24)(H2,20,21,22,23). The minimum atomic E-state index is -0.124. The third-order valence-corrected chi connectivity index (χ3v) is 5.51. The van der Waals surface area contributed by atoms with Crippen LogP contribution in [0.1, 0.15) is 9.67 Å². The topological polar surface area (TPSA) is 78.9 Å². The Bertz CT molecular complexity index is 1060. The first-order valence-corrected chi connectivity index (χ1v) is 9.64. The van der Waals surface area contributed by atoms with Crippen LogP contribution in [0.2, 0.25) is 0 Å². The Morgan fingerprint density at radius 2 is 1.77 bits per heavy atom. The maximum Gasteiger partial charge on any atom is 0.263 e. The molecule has 0 atom stereocenters. The monoisotopic (exact) mass is 381 g/mol. The van der Waals surface area contributed by atoms with Crippen LogP contribution in [-0.4, -0.2) is 22.9 Å². The van der Waals surface area contributed by atoms with E-state index < -0.39 is 0 Å². The van der Waals surface area contributed by atoms with Crippen LogP contribution in [0.3, 0.4) is 0 Å². The molecule has 3 heterocycles. The van der Waals surface area contributed by atoms with Gasteiger partial charge in [0.2, 0.25) is 5.95 Å². The maximum absolute atomic E-state index is 12.0. The molecule has 1 amide bonds. The Morgan fingerprint density at radius 3 is 2.58 bits per heavy atom. The molecule has 8 heteroatoms. The Labute approximate surface area is 157 Å². The first-order chi connectivity index (χ1) is 12.7. The van der Waals surface area contributed by atoms with Crippen molar-refractivity contribution in [3.8, 4) is 0 Å². The van der Waals surface area contributed by atoms with E-state index in [9.17, 15) is 4.79 Å². The summed E-state index contributed by atoms with van der Waals surface area (Å²) in [6.45, 7) is 0. The van der Waals surface area contributed by atoms with Gasteiger partial charge in [0, 0.05) is 12.7 Å². The fraction of sp³-hybridized carbons (Fsp3) is 0.0556. The van der Waals surface area contributed by atoms with Gasteiger partial charge in [0.1, 0.15) is 4.88 Å². The molecule has 0 aliphatic carbocycles. The summed E-state index contributed by atoms with van der Waals surface area (Å²) >= 11 is 2.94. The van der Waals surface area contributed by atoms with Gasteiger partial charge in [-0.1, -0.05) is 18.2 Å². The number of nitrogens with zero attached hydrogens (tertiary/aromatic N) is 2. The second-order valence-corrected chi connectivity index (χ2v) is 7.22. The molecule has 0 spiro atoms. The van der Waals surface area contributed by atoms with E-state index in [4.69, 9.17) is 0 Å². The van der Waals surface area contributed by atoms with Crippen LogP contribution in [0.15, 0.2) is 53.2 Å². The number of fused-ring (bicyclic) bond motifs is 1. The molecule has 3 N–H and O–H groups in total. The number of rotatable bonds is 5. The van der Waals surface area contributed by atoms with Gasteiger partial charge >= 0.3 is 0 Å².